The van der Waals surface area contributed by atoms with Crippen LogP contribution in [0.4, 0.5) is 0 Å². The van der Waals surface area contributed by atoms with Crippen LogP contribution in [0.15, 0.2) is 72.2 Å². The number of carbonyl (C=O) groups is 4. The zero-order valence-corrected chi connectivity index (χ0v) is 22.3. The smallest absolute Gasteiger partial charge is 0.251 e. The molecule has 0 radical (unpaired) electrons. The summed E-state index contributed by atoms with van der Waals surface area (Å²) in [6.45, 7) is 0.407. The second-order valence-corrected chi connectivity index (χ2v) is 9.95. The lowest BCUT2D eigenvalue weighted by atomic mass is 9.98. The minimum Gasteiger partial charge on any atom is -0.550 e. The maximum Gasteiger partial charge on any atom is 0.251 e. The summed E-state index contributed by atoms with van der Waals surface area (Å²) in [6, 6.07) is 16.7. The molecule has 2 amide bonds. The van der Waals surface area contributed by atoms with Crippen molar-refractivity contribution in [2.75, 3.05) is 6.54 Å². The molecule has 206 valence electrons. The zero-order chi connectivity index (χ0) is 28.3. The topological polar surface area (TPSA) is 150 Å². The number of hydrogen-bond donors (Lipinski definition) is 2. The Labute approximate surface area is 234 Å². The lowest BCUT2D eigenvalue weighted by Crippen LogP contribution is -2.42. The molecule has 40 heavy (non-hydrogen) atoms. The number of rotatable bonds is 14. The number of carboxylic acid groups (broad SMARTS) is 1. The number of nitrogens with one attached hydrogen (secondary N) is 2. The van der Waals surface area contributed by atoms with E-state index in [-0.39, 0.29) is 5.91 Å². The molecule has 0 aliphatic carbocycles. The van der Waals surface area contributed by atoms with Gasteiger partial charge < -0.3 is 30.1 Å². The van der Waals surface area contributed by atoms with Crippen molar-refractivity contribution in [2.24, 2.45) is 0 Å². The van der Waals surface area contributed by atoms with Crippen molar-refractivity contribution < 1.29 is 29.0 Å². The summed E-state index contributed by atoms with van der Waals surface area (Å²) in [5.41, 5.74) is 1.96. The first-order valence-electron chi connectivity index (χ1n) is 12.7. The van der Waals surface area contributed by atoms with Crippen LogP contribution in [0.1, 0.15) is 46.8 Å². The molecule has 4 rings (SSSR count). The number of ether oxygens (including phenoxy) is 1. The number of aldehydes is 1. The average molecular weight is 560 g/mol. The molecule has 2 aromatic heterocycles. The van der Waals surface area contributed by atoms with Gasteiger partial charge in [-0.3, -0.25) is 9.59 Å². The second kappa shape index (κ2) is 13.9. The largest absolute Gasteiger partial charge is 0.550 e. The third kappa shape index (κ3) is 7.93. The summed E-state index contributed by atoms with van der Waals surface area (Å²) in [5.74, 6) is -1.72. The number of aromatic nitrogens is 2. The molecule has 0 bridgehead atoms. The van der Waals surface area contributed by atoms with Crippen LogP contribution in [-0.4, -0.2) is 46.6 Å². The first-order chi connectivity index (χ1) is 19.4. The summed E-state index contributed by atoms with van der Waals surface area (Å²) in [4.78, 5) is 56.9. The third-order valence-electron chi connectivity index (χ3n) is 6.05. The van der Waals surface area contributed by atoms with Crippen molar-refractivity contribution in [3.8, 4) is 11.6 Å². The van der Waals surface area contributed by atoms with E-state index in [1.54, 1.807) is 30.5 Å². The first kappa shape index (κ1) is 28.4. The molecule has 4 aromatic rings. The van der Waals surface area contributed by atoms with Crippen LogP contribution < -0.4 is 20.5 Å². The van der Waals surface area contributed by atoms with Gasteiger partial charge in [0.2, 0.25) is 11.8 Å². The van der Waals surface area contributed by atoms with E-state index in [4.69, 9.17) is 4.74 Å². The predicted molar refractivity (Wildman–Crippen MR) is 147 cm³/mol. The van der Waals surface area contributed by atoms with E-state index in [2.05, 4.69) is 20.6 Å². The lowest BCUT2D eigenvalue weighted by Gasteiger charge is -2.19. The summed E-state index contributed by atoms with van der Waals surface area (Å²) in [6.07, 6.45) is 3.08. The van der Waals surface area contributed by atoms with E-state index in [9.17, 15) is 24.3 Å². The molecule has 0 unspecified atom stereocenters. The number of carboxylic acids is 1. The maximum absolute atomic E-state index is 12.8. The highest BCUT2D eigenvalue weighted by Crippen LogP contribution is 2.27. The highest BCUT2D eigenvalue weighted by Gasteiger charge is 2.23. The number of hydrogen-bond acceptors (Lipinski definition) is 9. The number of amides is 2. The molecule has 2 atom stereocenters. The fourth-order valence-electron chi connectivity index (χ4n) is 4.05. The Hall–Kier alpha value is -4.64. The maximum atomic E-state index is 12.8. The minimum atomic E-state index is -1.41. The monoisotopic (exact) mass is 559 g/mol. The summed E-state index contributed by atoms with van der Waals surface area (Å²) in [5, 5.41) is 18.0. The Balaban J connectivity index is 1.24. The summed E-state index contributed by atoms with van der Waals surface area (Å²) >= 11 is 1.41. The quantitative estimate of drug-likeness (QED) is 0.177. The van der Waals surface area contributed by atoms with E-state index >= 15 is 0 Å². The van der Waals surface area contributed by atoms with Crippen LogP contribution in [0.2, 0.25) is 0 Å². The third-order valence-corrected chi connectivity index (χ3v) is 7.04. The van der Waals surface area contributed by atoms with Gasteiger partial charge in [0.25, 0.3) is 5.91 Å². The van der Waals surface area contributed by atoms with Crippen molar-refractivity contribution in [3.63, 3.8) is 0 Å². The molecular weight excluding hydrogens is 532 g/mol. The highest BCUT2D eigenvalue weighted by atomic mass is 32.1. The van der Waals surface area contributed by atoms with Gasteiger partial charge in [-0.15, -0.1) is 11.3 Å². The molecule has 0 saturated carbocycles. The van der Waals surface area contributed by atoms with Crippen LogP contribution in [0.5, 0.6) is 11.6 Å². The number of unbranched alkanes of at least 4 members (excludes halogenated alkanes) is 1. The van der Waals surface area contributed by atoms with Crippen molar-refractivity contribution in [3.05, 3.63) is 82.7 Å². The molecule has 10 nitrogen and oxygen atoms in total. The molecule has 0 aliphatic rings. The SMILES string of the molecule is O=C[C@H](CC(=O)[O-])NC(=O)[C@@H](CCCCNC(=O)c1ccc(Oc2cnc3ccccc3n2)cc1)c1cccs1. The fraction of sp³-hybridized carbons (Fsp3) is 0.241. The number of benzene rings is 2. The Morgan fingerprint density at radius 3 is 2.48 bits per heavy atom. The van der Waals surface area contributed by atoms with Gasteiger partial charge in [-0.25, -0.2) is 9.97 Å². The molecule has 0 saturated heterocycles. The van der Waals surface area contributed by atoms with Crippen molar-refractivity contribution in [1.29, 1.82) is 0 Å². The molecule has 11 heteroatoms. The number of fused-ring (bicyclic) bond motifs is 1. The lowest BCUT2D eigenvalue weighted by molar-refractivity contribution is -0.306. The van der Waals surface area contributed by atoms with Gasteiger partial charge in [-0.2, -0.15) is 0 Å². The number of carbonyl (C=O) groups excluding carboxylic acids is 4. The van der Waals surface area contributed by atoms with Gasteiger partial charge in [0.15, 0.2) is 0 Å². The zero-order valence-electron chi connectivity index (χ0n) is 21.4. The van der Waals surface area contributed by atoms with Crippen LogP contribution in [0, 0.1) is 0 Å². The molecule has 2 N–H and O–H groups in total. The summed E-state index contributed by atoms with van der Waals surface area (Å²) < 4.78 is 5.77. The molecular formula is C29H27N4O6S-. The normalized spacial score (nSPS) is 12.3. The van der Waals surface area contributed by atoms with E-state index in [1.165, 1.54) is 11.3 Å². The van der Waals surface area contributed by atoms with Gasteiger partial charge in [-0.05, 0) is 60.7 Å². The van der Waals surface area contributed by atoms with Crippen molar-refractivity contribution in [2.45, 2.75) is 37.6 Å². The van der Waals surface area contributed by atoms with Crippen LogP contribution in [0.3, 0.4) is 0 Å². The van der Waals surface area contributed by atoms with Gasteiger partial charge in [0.1, 0.15) is 12.0 Å². The molecule has 0 spiro atoms. The Kier molecular flexibility index (Phi) is 9.89. The number of thiophene rings is 1. The highest BCUT2D eigenvalue weighted by molar-refractivity contribution is 7.10. The number of nitrogens with zero attached hydrogens (tertiary/aromatic N) is 2. The van der Waals surface area contributed by atoms with E-state index in [1.807, 2.05) is 41.8 Å². The van der Waals surface area contributed by atoms with Gasteiger partial charge in [0, 0.05) is 29.4 Å². The average Bonchev–Trinajstić information content (AvgIpc) is 3.49. The van der Waals surface area contributed by atoms with Gasteiger partial charge in [-0.1, -0.05) is 24.6 Å². The van der Waals surface area contributed by atoms with E-state index < -0.39 is 30.3 Å². The predicted octanol–water partition coefficient (Wildman–Crippen LogP) is 2.99. The standard InChI is InChI=1S/C29H28N4O6S/c34-18-20(16-27(35)36)32-29(38)22(25-9-5-15-40-25)6-3-4-14-30-28(37)19-10-12-21(13-11-19)39-26-17-31-23-7-1-2-8-24(23)33-26/h1-2,5,7-13,15,17-18,20,22H,3-4,6,14,16H2,(H,30,37)(H,32,38)(H,35,36)/p-1/t20-,22-/m0/s1. The Bertz CT molecular complexity index is 1460. The van der Waals surface area contributed by atoms with Crippen molar-refractivity contribution >= 4 is 46.4 Å². The molecule has 2 heterocycles. The van der Waals surface area contributed by atoms with Crippen LogP contribution >= 0.6 is 11.3 Å². The second-order valence-electron chi connectivity index (χ2n) is 8.97. The molecule has 0 aliphatic heterocycles. The van der Waals surface area contributed by atoms with E-state index in [0.29, 0.717) is 49.3 Å². The summed E-state index contributed by atoms with van der Waals surface area (Å²) in [7, 11) is 0. The first-order valence-corrected chi connectivity index (χ1v) is 13.6. The van der Waals surface area contributed by atoms with Crippen LogP contribution in [0.25, 0.3) is 11.0 Å². The van der Waals surface area contributed by atoms with E-state index in [0.717, 1.165) is 15.9 Å². The fourth-order valence-corrected chi connectivity index (χ4v) is 4.91. The van der Waals surface area contributed by atoms with Crippen molar-refractivity contribution in [1.82, 2.24) is 20.6 Å². The van der Waals surface area contributed by atoms with Gasteiger partial charge >= 0.3 is 0 Å². The van der Waals surface area contributed by atoms with Crippen LogP contribution in [-0.2, 0) is 14.4 Å². The Morgan fingerprint density at radius 1 is 1.00 bits per heavy atom. The molecule has 0 fully saturated rings. The Morgan fingerprint density at radius 2 is 1.77 bits per heavy atom. The molecule has 2 aromatic carbocycles. The minimum absolute atomic E-state index is 0.235. The van der Waals surface area contributed by atoms with Gasteiger partial charge in [0.05, 0.1) is 29.2 Å². The number of para-hydroxylation sites is 2. The number of aliphatic carboxylic acids is 1.